The molecule has 0 spiro atoms. The number of fused-ring (bicyclic) bond motifs is 1. The highest BCUT2D eigenvalue weighted by atomic mass is 19.4. The fraction of sp³-hybridized carbons (Fsp3) is 0.471. The molecule has 1 aliphatic heterocycles. The minimum absolute atomic E-state index is 0.0344. The van der Waals surface area contributed by atoms with Gasteiger partial charge >= 0.3 is 6.18 Å². The fourth-order valence-electron chi connectivity index (χ4n) is 3.13. The first-order chi connectivity index (χ1) is 13.1. The Morgan fingerprint density at radius 1 is 1.21 bits per heavy atom. The molecule has 152 valence electrons. The van der Waals surface area contributed by atoms with Crippen molar-refractivity contribution in [2.75, 3.05) is 6.54 Å². The Balaban J connectivity index is 1.63. The van der Waals surface area contributed by atoms with Crippen molar-refractivity contribution < 1.29 is 26.7 Å². The molecule has 1 aromatic heterocycles. The van der Waals surface area contributed by atoms with Gasteiger partial charge in [-0.05, 0) is 36.6 Å². The number of rotatable bonds is 4. The number of carbonyl (C=O) groups excluding carboxylic acids is 1. The molecule has 0 saturated carbocycles. The molecule has 1 atom stereocenters. The Bertz CT molecular complexity index is 895. The lowest BCUT2D eigenvalue weighted by Gasteiger charge is -2.29. The predicted molar refractivity (Wildman–Crippen MR) is 87.8 cm³/mol. The maximum absolute atomic E-state index is 13.9. The van der Waals surface area contributed by atoms with E-state index in [0.29, 0.717) is 0 Å². The summed E-state index contributed by atoms with van der Waals surface area (Å²) in [5.41, 5.74) is 6.14. The summed E-state index contributed by atoms with van der Waals surface area (Å²) in [6, 6.07) is 1.35. The van der Waals surface area contributed by atoms with Gasteiger partial charge in [0.15, 0.2) is 5.82 Å². The quantitative estimate of drug-likeness (QED) is 0.794. The highest BCUT2D eigenvalue weighted by molar-refractivity contribution is 5.76. The molecule has 2 aromatic rings. The third kappa shape index (κ3) is 4.13. The maximum Gasteiger partial charge on any atom is 0.451 e. The molecule has 1 amide bonds. The molecule has 2 heterocycles. The molecule has 0 unspecified atom stereocenters. The van der Waals surface area contributed by atoms with E-state index in [0.717, 1.165) is 16.7 Å². The van der Waals surface area contributed by atoms with E-state index in [1.54, 1.807) is 0 Å². The van der Waals surface area contributed by atoms with Crippen LogP contribution in [0.5, 0.6) is 0 Å². The van der Waals surface area contributed by atoms with Gasteiger partial charge in [-0.15, -0.1) is 10.2 Å². The molecule has 28 heavy (non-hydrogen) atoms. The standard InChI is InChI=1S/C17H18F5N5O/c1-9-4-13(19)10(6-12(9)18)5-11(23)7-15(28)26-2-3-27-14(8-26)24-25-16(27)17(20,21)22/h4,6,11H,2-3,5,7-8,23H2,1H3/t11-/m1/s1. The fourth-order valence-corrected chi connectivity index (χ4v) is 3.13. The summed E-state index contributed by atoms with van der Waals surface area (Å²) in [7, 11) is 0. The van der Waals surface area contributed by atoms with Crippen molar-refractivity contribution in [2.24, 2.45) is 5.73 Å². The number of carbonyl (C=O) groups is 1. The maximum atomic E-state index is 13.9. The Morgan fingerprint density at radius 2 is 1.93 bits per heavy atom. The molecule has 1 aromatic carbocycles. The molecular formula is C17H18F5N5O. The number of aromatic nitrogens is 3. The Kier molecular flexibility index (Phi) is 5.37. The van der Waals surface area contributed by atoms with E-state index in [2.05, 4.69) is 10.2 Å². The van der Waals surface area contributed by atoms with Gasteiger partial charge in [-0.2, -0.15) is 13.2 Å². The predicted octanol–water partition coefficient (Wildman–Crippen LogP) is 2.19. The molecule has 0 bridgehead atoms. The van der Waals surface area contributed by atoms with Gasteiger partial charge in [-0.3, -0.25) is 4.79 Å². The van der Waals surface area contributed by atoms with Gasteiger partial charge in [0.25, 0.3) is 0 Å². The second-order valence-electron chi connectivity index (χ2n) is 6.77. The van der Waals surface area contributed by atoms with Crippen molar-refractivity contribution in [2.45, 2.75) is 45.1 Å². The largest absolute Gasteiger partial charge is 0.451 e. The van der Waals surface area contributed by atoms with Crippen LogP contribution in [0.25, 0.3) is 0 Å². The second-order valence-corrected chi connectivity index (χ2v) is 6.77. The van der Waals surface area contributed by atoms with Crippen molar-refractivity contribution in [3.63, 3.8) is 0 Å². The average Bonchev–Trinajstić information content (AvgIpc) is 3.03. The smallest absolute Gasteiger partial charge is 0.333 e. The number of hydrogen-bond acceptors (Lipinski definition) is 4. The van der Waals surface area contributed by atoms with E-state index in [4.69, 9.17) is 5.73 Å². The Morgan fingerprint density at radius 3 is 2.61 bits per heavy atom. The molecule has 1 aliphatic rings. The summed E-state index contributed by atoms with van der Waals surface area (Å²) in [6.07, 6.45) is -4.82. The molecule has 0 fully saturated rings. The zero-order valence-corrected chi connectivity index (χ0v) is 14.9. The van der Waals surface area contributed by atoms with Crippen LogP contribution in [-0.4, -0.2) is 38.2 Å². The number of nitrogens with zero attached hydrogens (tertiary/aromatic N) is 4. The van der Waals surface area contributed by atoms with E-state index < -0.39 is 35.6 Å². The zero-order valence-electron chi connectivity index (χ0n) is 14.9. The lowest BCUT2D eigenvalue weighted by atomic mass is 10.0. The van der Waals surface area contributed by atoms with Gasteiger partial charge in [0.05, 0.1) is 6.54 Å². The molecular weight excluding hydrogens is 385 g/mol. The van der Waals surface area contributed by atoms with Crippen LogP contribution in [0.15, 0.2) is 12.1 Å². The summed E-state index contributed by atoms with van der Waals surface area (Å²) < 4.78 is 67.0. The van der Waals surface area contributed by atoms with E-state index in [9.17, 15) is 26.7 Å². The number of benzene rings is 1. The summed E-state index contributed by atoms with van der Waals surface area (Å²) in [6.45, 7) is 1.27. The number of aryl methyl sites for hydroxylation is 1. The SMILES string of the molecule is Cc1cc(F)c(C[C@@H](N)CC(=O)N2CCn3c(nnc3C(F)(F)F)C2)cc1F. The van der Waals surface area contributed by atoms with Gasteiger partial charge in [0, 0.05) is 25.6 Å². The van der Waals surface area contributed by atoms with Crippen LogP contribution in [0.3, 0.4) is 0 Å². The van der Waals surface area contributed by atoms with Gasteiger partial charge < -0.3 is 15.2 Å². The summed E-state index contributed by atoms with van der Waals surface area (Å²) >= 11 is 0. The summed E-state index contributed by atoms with van der Waals surface area (Å²) in [4.78, 5) is 13.7. The number of halogens is 5. The molecule has 0 aliphatic carbocycles. The Hall–Kier alpha value is -2.56. The average molecular weight is 403 g/mol. The van der Waals surface area contributed by atoms with Crippen LogP contribution in [0.1, 0.15) is 29.2 Å². The minimum Gasteiger partial charge on any atom is -0.333 e. The van der Waals surface area contributed by atoms with Crippen molar-refractivity contribution in [3.8, 4) is 0 Å². The number of alkyl halides is 3. The van der Waals surface area contributed by atoms with Gasteiger partial charge in [-0.1, -0.05) is 0 Å². The number of hydrogen-bond donors (Lipinski definition) is 1. The van der Waals surface area contributed by atoms with Crippen LogP contribution < -0.4 is 5.73 Å². The normalized spacial score (nSPS) is 15.5. The van der Waals surface area contributed by atoms with Crippen molar-refractivity contribution >= 4 is 5.91 Å². The van der Waals surface area contributed by atoms with E-state index in [1.165, 1.54) is 11.8 Å². The number of nitrogens with two attached hydrogens (primary N) is 1. The first-order valence-corrected chi connectivity index (χ1v) is 8.53. The van der Waals surface area contributed by atoms with Gasteiger partial charge in [-0.25, -0.2) is 8.78 Å². The molecule has 11 heteroatoms. The first-order valence-electron chi connectivity index (χ1n) is 8.53. The third-order valence-electron chi connectivity index (χ3n) is 4.61. The summed E-state index contributed by atoms with van der Waals surface area (Å²) in [5, 5.41) is 6.66. The molecule has 3 rings (SSSR count). The minimum atomic E-state index is -4.62. The van der Waals surface area contributed by atoms with Crippen molar-refractivity contribution in [1.29, 1.82) is 0 Å². The van der Waals surface area contributed by atoms with Crippen molar-refractivity contribution in [1.82, 2.24) is 19.7 Å². The van der Waals surface area contributed by atoms with Crippen LogP contribution in [0.2, 0.25) is 0 Å². The van der Waals surface area contributed by atoms with Crippen molar-refractivity contribution in [3.05, 3.63) is 46.5 Å². The van der Waals surface area contributed by atoms with Gasteiger partial charge in [0.1, 0.15) is 11.6 Å². The van der Waals surface area contributed by atoms with Gasteiger partial charge in [0.2, 0.25) is 11.7 Å². The Labute approximate surface area is 157 Å². The van der Waals surface area contributed by atoms with Crippen LogP contribution in [-0.2, 0) is 30.5 Å². The molecule has 6 nitrogen and oxygen atoms in total. The number of amides is 1. The third-order valence-corrected chi connectivity index (χ3v) is 4.61. The zero-order chi connectivity index (χ0) is 20.6. The monoisotopic (exact) mass is 403 g/mol. The van der Waals surface area contributed by atoms with Crippen LogP contribution in [0.4, 0.5) is 22.0 Å². The summed E-state index contributed by atoms with van der Waals surface area (Å²) in [5.74, 6) is -2.63. The second kappa shape index (κ2) is 7.46. The highest BCUT2D eigenvalue weighted by Gasteiger charge is 2.39. The van der Waals surface area contributed by atoms with E-state index in [-0.39, 0.29) is 49.4 Å². The van der Waals surface area contributed by atoms with E-state index >= 15 is 0 Å². The lowest BCUT2D eigenvalue weighted by Crippen LogP contribution is -2.42. The topological polar surface area (TPSA) is 77.0 Å². The molecule has 0 saturated heterocycles. The lowest BCUT2D eigenvalue weighted by molar-refractivity contribution is -0.148. The molecule has 0 radical (unpaired) electrons. The van der Waals surface area contributed by atoms with Crippen LogP contribution >= 0.6 is 0 Å². The molecule has 2 N–H and O–H groups in total. The van der Waals surface area contributed by atoms with E-state index in [1.807, 2.05) is 0 Å². The highest BCUT2D eigenvalue weighted by Crippen LogP contribution is 2.29. The first kappa shape index (κ1) is 20.2. The van der Waals surface area contributed by atoms with Crippen LogP contribution in [0, 0.1) is 18.6 Å².